The highest BCUT2D eigenvalue weighted by Gasteiger charge is 2.31. The second-order valence-corrected chi connectivity index (χ2v) is 9.16. The van der Waals surface area contributed by atoms with Gasteiger partial charge in [0.05, 0.1) is 4.05 Å². The van der Waals surface area contributed by atoms with Crippen molar-refractivity contribution in [3.63, 3.8) is 0 Å². The summed E-state index contributed by atoms with van der Waals surface area (Å²) in [5.41, 5.74) is 2.74. The van der Waals surface area contributed by atoms with Crippen LogP contribution in [0.5, 0.6) is 0 Å². The van der Waals surface area contributed by atoms with Crippen LogP contribution in [-0.2, 0) is 6.42 Å². The number of benzene rings is 1. The number of piperidine rings is 1. The highest BCUT2D eigenvalue weighted by Crippen LogP contribution is 2.29. The summed E-state index contributed by atoms with van der Waals surface area (Å²) >= 11 is 2.38. The number of carbonyl (C=O) groups excluding carboxylic acids is 1. The van der Waals surface area contributed by atoms with Crippen molar-refractivity contribution in [2.45, 2.75) is 30.2 Å². The zero-order valence-corrected chi connectivity index (χ0v) is 18.9. The van der Waals surface area contributed by atoms with Crippen LogP contribution in [0, 0.1) is 18.7 Å². The molecule has 5 nitrogen and oxygen atoms in total. The van der Waals surface area contributed by atoms with E-state index in [1.54, 1.807) is 22.7 Å². The van der Waals surface area contributed by atoms with Crippen LogP contribution in [-0.4, -0.2) is 37.2 Å². The topological polar surface area (TPSA) is 54.7 Å². The number of ketones is 1. The van der Waals surface area contributed by atoms with Gasteiger partial charge in [0.15, 0.2) is 5.78 Å². The van der Waals surface area contributed by atoms with Crippen molar-refractivity contribution < 1.29 is 9.18 Å². The molecule has 2 aromatic heterocycles. The van der Waals surface area contributed by atoms with Gasteiger partial charge in [-0.05, 0) is 69.1 Å². The summed E-state index contributed by atoms with van der Waals surface area (Å²) in [6.07, 6.45) is 3.90. The molecule has 1 aromatic carbocycles. The standard InChI is InChI=1S/C23H23FIN3O2/c1-15-19(23(30)28-11-3-2-4-21(28)26-15)10-13-27-12-9-17(14-20(27)25)22(29)16-5-7-18(24)8-6-16/h2-8,11,17,20H,9-10,12-14H2,1H3. The number of hydrogen-bond donors (Lipinski definition) is 0. The number of pyridine rings is 1. The van der Waals surface area contributed by atoms with Crippen LogP contribution in [0.1, 0.15) is 34.5 Å². The van der Waals surface area contributed by atoms with Crippen LogP contribution >= 0.6 is 22.6 Å². The molecular weight excluding hydrogens is 496 g/mol. The van der Waals surface area contributed by atoms with E-state index in [0.717, 1.165) is 37.2 Å². The van der Waals surface area contributed by atoms with Crippen LogP contribution in [0.4, 0.5) is 4.39 Å². The molecule has 0 spiro atoms. The summed E-state index contributed by atoms with van der Waals surface area (Å²) in [6, 6.07) is 11.3. The smallest absolute Gasteiger partial charge is 0.261 e. The van der Waals surface area contributed by atoms with Gasteiger partial charge in [-0.3, -0.25) is 18.9 Å². The lowest BCUT2D eigenvalue weighted by atomic mass is 9.88. The number of alkyl halides is 1. The van der Waals surface area contributed by atoms with Gasteiger partial charge in [0.2, 0.25) is 0 Å². The molecule has 7 heteroatoms. The minimum absolute atomic E-state index is 0.00974. The number of rotatable bonds is 5. The highest BCUT2D eigenvalue weighted by molar-refractivity contribution is 14.1. The van der Waals surface area contributed by atoms with Crippen molar-refractivity contribution in [1.29, 1.82) is 0 Å². The van der Waals surface area contributed by atoms with E-state index in [9.17, 15) is 14.0 Å². The molecule has 0 N–H and O–H groups in total. The molecule has 4 rings (SSSR count). The molecule has 30 heavy (non-hydrogen) atoms. The molecule has 2 atom stereocenters. The molecule has 3 aromatic rings. The van der Waals surface area contributed by atoms with Crippen molar-refractivity contribution >= 4 is 34.0 Å². The van der Waals surface area contributed by atoms with E-state index in [-0.39, 0.29) is 27.1 Å². The average Bonchev–Trinajstić information content (AvgIpc) is 2.74. The normalized spacial score (nSPS) is 19.8. The van der Waals surface area contributed by atoms with Crippen LogP contribution in [0.2, 0.25) is 0 Å². The van der Waals surface area contributed by atoms with E-state index in [2.05, 4.69) is 32.5 Å². The van der Waals surface area contributed by atoms with E-state index in [1.807, 2.05) is 25.1 Å². The Morgan fingerprint density at radius 3 is 2.73 bits per heavy atom. The van der Waals surface area contributed by atoms with Crippen LogP contribution in [0.3, 0.4) is 0 Å². The number of carbonyl (C=O) groups is 1. The van der Waals surface area contributed by atoms with E-state index >= 15 is 0 Å². The zero-order valence-electron chi connectivity index (χ0n) is 16.7. The van der Waals surface area contributed by atoms with Crippen LogP contribution in [0.15, 0.2) is 53.5 Å². The van der Waals surface area contributed by atoms with Crippen molar-refractivity contribution in [1.82, 2.24) is 14.3 Å². The van der Waals surface area contributed by atoms with E-state index in [4.69, 9.17) is 0 Å². The monoisotopic (exact) mass is 519 g/mol. The molecule has 1 fully saturated rings. The third-order valence-electron chi connectivity index (χ3n) is 5.82. The van der Waals surface area contributed by atoms with Gasteiger partial charge in [-0.1, -0.05) is 28.7 Å². The third kappa shape index (κ3) is 4.32. The van der Waals surface area contributed by atoms with E-state index < -0.39 is 0 Å². The number of fused-ring (bicyclic) bond motifs is 1. The van der Waals surface area contributed by atoms with E-state index in [1.165, 1.54) is 12.1 Å². The molecule has 1 aliphatic rings. The maximum absolute atomic E-state index is 13.1. The maximum Gasteiger partial charge on any atom is 0.261 e. The second kappa shape index (κ2) is 8.93. The number of likely N-dealkylation sites (tertiary alicyclic amines) is 1. The number of Topliss-reactive ketones (excluding diaryl/α,β-unsaturated/α-hetero) is 1. The quantitative estimate of drug-likeness (QED) is 0.221. The number of nitrogens with zero attached hydrogens (tertiary/aromatic N) is 3. The summed E-state index contributed by atoms with van der Waals surface area (Å²) < 4.78 is 14.9. The van der Waals surface area contributed by atoms with Gasteiger partial charge in [-0.25, -0.2) is 9.37 Å². The maximum atomic E-state index is 13.1. The minimum atomic E-state index is -0.331. The number of hydrogen-bond acceptors (Lipinski definition) is 4. The van der Waals surface area contributed by atoms with Gasteiger partial charge in [-0.15, -0.1) is 0 Å². The lowest BCUT2D eigenvalue weighted by Gasteiger charge is -2.36. The largest absolute Gasteiger partial charge is 0.294 e. The first-order valence-electron chi connectivity index (χ1n) is 10.1. The van der Waals surface area contributed by atoms with Crippen molar-refractivity contribution in [3.05, 3.63) is 81.7 Å². The molecule has 3 heterocycles. The Bertz CT molecular complexity index is 1130. The van der Waals surface area contributed by atoms with Crippen LogP contribution < -0.4 is 5.56 Å². The number of aromatic nitrogens is 2. The Balaban J connectivity index is 1.42. The molecule has 0 bridgehead atoms. The summed E-state index contributed by atoms with van der Waals surface area (Å²) in [4.78, 5) is 32.5. The number of aryl methyl sites for hydroxylation is 1. The summed E-state index contributed by atoms with van der Waals surface area (Å²) in [7, 11) is 0. The predicted molar refractivity (Wildman–Crippen MR) is 123 cm³/mol. The van der Waals surface area contributed by atoms with E-state index in [0.29, 0.717) is 17.6 Å². The van der Waals surface area contributed by atoms with Gasteiger partial charge in [0, 0.05) is 35.5 Å². The SMILES string of the molecule is Cc1nc2ccccn2c(=O)c1CCN1CCC(C(=O)c2ccc(F)cc2)CC1I. The third-order valence-corrected chi connectivity index (χ3v) is 7.12. The molecule has 1 saturated heterocycles. The fourth-order valence-electron chi connectivity index (χ4n) is 4.08. The second-order valence-electron chi connectivity index (χ2n) is 7.72. The van der Waals surface area contributed by atoms with Gasteiger partial charge in [0.1, 0.15) is 11.5 Å². The first-order valence-corrected chi connectivity index (χ1v) is 11.3. The molecule has 156 valence electrons. The molecule has 0 radical (unpaired) electrons. The van der Waals surface area contributed by atoms with Crippen molar-refractivity contribution in [2.24, 2.45) is 5.92 Å². The fraction of sp³-hybridized carbons (Fsp3) is 0.348. The zero-order chi connectivity index (χ0) is 21.3. The summed E-state index contributed by atoms with van der Waals surface area (Å²) in [5.74, 6) is -0.296. The predicted octanol–water partition coefficient (Wildman–Crippen LogP) is 4.04. The first-order chi connectivity index (χ1) is 14.4. The fourth-order valence-corrected chi connectivity index (χ4v) is 5.25. The average molecular weight is 519 g/mol. The Morgan fingerprint density at radius 2 is 2.00 bits per heavy atom. The summed E-state index contributed by atoms with van der Waals surface area (Å²) in [5, 5.41) is 0. The van der Waals surface area contributed by atoms with Gasteiger partial charge in [0.25, 0.3) is 5.56 Å². The van der Waals surface area contributed by atoms with Gasteiger partial charge in [-0.2, -0.15) is 0 Å². The highest BCUT2D eigenvalue weighted by atomic mass is 127. The summed E-state index contributed by atoms with van der Waals surface area (Å²) in [6.45, 7) is 3.44. The Morgan fingerprint density at radius 1 is 1.23 bits per heavy atom. The molecule has 1 aliphatic heterocycles. The molecule has 0 saturated carbocycles. The first kappa shape index (κ1) is 21.1. The van der Waals surface area contributed by atoms with Gasteiger partial charge < -0.3 is 0 Å². The van der Waals surface area contributed by atoms with Crippen LogP contribution in [0.25, 0.3) is 5.65 Å². The number of halogens is 2. The Kier molecular flexibility index (Phi) is 6.29. The van der Waals surface area contributed by atoms with Gasteiger partial charge >= 0.3 is 0 Å². The molecule has 0 amide bonds. The molecule has 0 aliphatic carbocycles. The minimum Gasteiger partial charge on any atom is -0.294 e. The Hall–Kier alpha value is -2.13. The molecule has 2 unspecified atom stereocenters. The Labute approximate surface area is 188 Å². The lowest BCUT2D eigenvalue weighted by molar-refractivity contribution is 0.0830. The van der Waals surface area contributed by atoms with Crippen molar-refractivity contribution in [2.75, 3.05) is 13.1 Å². The molecular formula is C23H23FIN3O2. The lowest BCUT2D eigenvalue weighted by Crippen LogP contribution is -2.42. The van der Waals surface area contributed by atoms with Crippen molar-refractivity contribution in [3.8, 4) is 0 Å².